The van der Waals surface area contributed by atoms with Crippen molar-refractivity contribution >= 4 is 34.3 Å². The summed E-state index contributed by atoms with van der Waals surface area (Å²) in [4.78, 5) is 24.5. The minimum absolute atomic E-state index is 0.157. The second kappa shape index (κ2) is 7.14. The summed E-state index contributed by atoms with van der Waals surface area (Å²) in [6.45, 7) is 2.45. The molecule has 0 bridgehead atoms. The van der Waals surface area contributed by atoms with Gasteiger partial charge in [-0.3, -0.25) is 13.9 Å². The highest BCUT2D eigenvalue weighted by Gasteiger charge is 2.32. The zero-order chi connectivity index (χ0) is 17.1. The minimum Gasteiger partial charge on any atom is -0.442 e. The predicted octanol–water partition coefficient (Wildman–Crippen LogP) is 1.23. The molecule has 8 heteroatoms. The number of anilines is 1. The molecule has 0 aromatic heterocycles. The number of nitrogens with one attached hydrogen (secondary N) is 1. The molecule has 1 unspecified atom stereocenters. The van der Waals surface area contributed by atoms with Gasteiger partial charge in [-0.2, -0.15) is 0 Å². The van der Waals surface area contributed by atoms with Gasteiger partial charge in [-0.25, -0.2) is 9.00 Å². The maximum Gasteiger partial charge on any atom is 0.414 e. The number of amides is 2. The van der Waals surface area contributed by atoms with Crippen LogP contribution in [0, 0.1) is 0 Å². The molecule has 1 aromatic carbocycles. The Morgan fingerprint density at radius 3 is 2.79 bits per heavy atom. The predicted molar refractivity (Wildman–Crippen MR) is 89.7 cm³/mol. The molecular weight excluding hydrogens is 332 g/mol. The Morgan fingerprint density at radius 1 is 1.38 bits per heavy atom. The highest BCUT2D eigenvalue weighted by Crippen LogP contribution is 2.25. The fraction of sp³-hybridized carbons (Fsp3) is 0.375. The maximum absolute atomic E-state index is 12.0. The molecule has 1 fully saturated rings. The van der Waals surface area contributed by atoms with Crippen molar-refractivity contribution in [3.05, 3.63) is 35.9 Å². The first-order valence-corrected chi connectivity index (χ1v) is 8.81. The first-order chi connectivity index (χ1) is 11.5. The van der Waals surface area contributed by atoms with E-state index in [-0.39, 0.29) is 12.0 Å². The molecule has 2 amide bonds. The number of nitrogens with zero attached hydrogens (tertiary/aromatic N) is 1. The van der Waals surface area contributed by atoms with Crippen LogP contribution in [0.5, 0.6) is 0 Å². The lowest BCUT2D eigenvalue weighted by Gasteiger charge is -2.16. The summed E-state index contributed by atoms with van der Waals surface area (Å²) >= 11 is -1.28. The van der Waals surface area contributed by atoms with Crippen LogP contribution in [-0.2, 0) is 24.8 Å². The molecule has 1 N–H and O–H groups in total. The highest BCUT2D eigenvalue weighted by atomic mass is 32.2. The fourth-order valence-corrected chi connectivity index (χ4v) is 3.43. The molecule has 2 aliphatic rings. The zero-order valence-corrected chi connectivity index (χ0v) is 14.0. The maximum atomic E-state index is 12.0. The van der Waals surface area contributed by atoms with Gasteiger partial charge in [0, 0.05) is 12.6 Å². The number of hydrogen-bond acceptors (Lipinski definition) is 5. The van der Waals surface area contributed by atoms with Crippen LogP contribution < -0.4 is 10.2 Å². The van der Waals surface area contributed by atoms with Gasteiger partial charge >= 0.3 is 6.09 Å². The number of carbonyl (C=O) groups is 2. The van der Waals surface area contributed by atoms with Gasteiger partial charge in [-0.1, -0.05) is 18.2 Å². The molecule has 0 spiro atoms. The third-order valence-electron chi connectivity index (χ3n) is 3.81. The lowest BCUT2D eigenvalue weighted by atomic mass is 10.1. The molecule has 0 saturated carbocycles. The van der Waals surface area contributed by atoms with E-state index in [1.165, 1.54) is 11.8 Å². The summed E-state index contributed by atoms with van der Waals surface area (Å²) in [5.74, 6) is 0.208. The normalized spacial score (nSPS) is 23.6. The van der Waals surface area contributed by atoms with E-state index in [1.807, 2.05) is 30.3 Å². The first kappa shape index (κ1) is 16.7. The molecule has 1 saturated heterocycles. The molecule has 24 heavy (non-hydrogen) atoms. The van der Waals surface area contributed by atoms with E-state index in [0.717, 1.165) is 16.8 Å². The van der Waals surface area contributed by atoms with Crippen molar-refractivity contribution in [1.29, 1.82) is 0 Å². The van der Waals surface area contributed by atoms with Crippen molar-refractivity contribution in [3.63, 3.8) is 0 Å². The van der Waals surface area contributed by atoms with Gasteiger partial charge in [-0.15, -0.1) is 0 Å². The highest BCUT2D eigenvalue weighted by molar-refractivity contribution is 7.80. The summed E-state index contributed by atoms with van der Waals surface area (Å²) in [5.41, 5.74) is 2.65. The van der Waals surface area contributed by atoms with Gasteiger partial charge in [0.15, 0.2) is 11.1 Å². The number of hydrogen-bond donors (Lipinski definition) is 1. The number of carbonyl (C=O) groups excluding carboxylic acids is 2. The van der Waals surface area contributed by atoms with Gasteiger partial charge in [0.1, 0.15) is 6.10 Å². The molecule has 7 nitrogen and oxygen atoms in total. The zero-order valence-electron chi connectivity index (χ0n) is 13.2. The Balaban J connectivity index is 1.67. The largest absolute Gasteiger partial charge is 0.442 e. The van der Waals surface area contributed by atoms with E-state index in [0.29, 0.717) is 25.4 Å². The van der Waals surface area contributed by atoms with Crippen molar-refractivity contribution in [1.82, 2.24) is 5.32 Å². The van der Waals surface area contributed by atoms with Gasteiger partial charge in [0.25, 0.3) is 0 Å². The number of ether oxygens (including phenoxy) is 1. The van der Waals surface area contributed by atoms with Crippen molar-refractivity contribution in [2.24, 2.45) is 0 Å². The first-order valence-electron chi connectivity index (χ1n) is 7.56. The van der Waals surface area contributed by atoms with Crippen LogP contribution in [0.2, 0.25) is 0 Å². The van der Waals surface area contributed by atoms with Crippen LogP contribution in [0.15, 0.2) is 30.3 Å². The van der Waals surface area contributed by atoms with E-state index in [1.54, 1.807) is 0 Å². The Labute approximate surface area is 142 Å². The van der Waals surface area contributed by atoms with E-state index >= 15 is 0 Å². The Kier molecular flexibility index (Phi) is 4.96. The van der Waals surface area contributed by atoms with Crippen LogP contribution in [0.1, 0.15) is 12.5 Å². The average molecular weight is 350 g/mol. The molecule has 128 valence electrons. The molecule has 0 aliphatic carbocycles. The van der Waals surface area contributed by atoms with Crippen molar-refractivity contribution < 1.29 is 22.7 Å². The Hall–Kier alpha value is -2.19. The second-order valence-electron chi connectivity index (χ2n) is 5.56. The SMILES string of the molecule is CC(=O)NC[C@H]1CN(c2ccc(C3=CCOS(=O)C3)cc2)C(=O)O1. The van der Waals surface area contributed by atoms with Crippen molar-refractivity contribution in [2.75, 3.05) is 30.3 Å². The number of cyclic esters (lactones) is 1. The average Bonchev–Trinajstić information content (AvgIpc) is 2.94. The lowest BCUT2D eigenvalue weighted by Crippen LogP contribution is -2.33. The standard InChI is InChI=1S/C16H18N2O5S/c1-11(19)17-8-15-9-18(16(20)23-15)14-4-2-12(3-5-14)13-6-7-22-24(21)10-13/h2-6,15H,7-10H2,1H3,(H,17,19)/t15-,24?/m0/s1. The van der Waals surface area contributed by atoms with Gasteiger partial charge in [-0.05, 0) is 23.3 Å². The quantitative estimate of drug-likeness (QED) is 0.883. The number of benzene rings is 1. The summed E-state index contributed by atoms with van der Waals surface area (Å²) in [6, 6.07) is 7.43. The van der Waals surface area contributed by atoms with E-state index in [2.05, 4.69) is 5.32 Å². The molecule has 3 rings (SSSR count). The third kappa shape index (κ3) is 3.82. The van der Waals surface area contributed by atoms with E-state index < -0.39 is 17.2 Å². The fourth-order valence-electron chi connectivity index (χ4n) is 2.59. The van der Waals surface area contributed by atoms with Crippen LogP contribution in [0.3, 0.4) is 0 Å². The van der Waals surface area contributed by atoms with Gasteiger partial charge in [0.05, 0.1) is 25.4 Å². The molecule has 2 atom stereocenters. The second-order valence-corrected chi connectivity index (χ2v) is 6.69. The van der Waals surface area contributed by atoms with Crippen LogP contribution >= 0.6 is 0 Å². The molecule has 0 radical (unpaired) electrons. The topological polar surface area (TPSA) is 84.9 Å². The van der Waals surface area contributed by atoms with Crippen LogP contribution in [0.25, 0.3) is 5.57 Å². The Bertz CT molecular complexity index is 701. The monoisotopic (exact) mass is 350 g/mol. The van der Waals surface area contributed by atoms with E-state index in [4.69, 9.17) is 8.92 Å². The van der Waals surface area contributed by atoms with E-state index in [9.17, 15) is 13.8 Å². The number of rotatable bonds is 4. The summed E-state index contributed by atoms with van der Waals surface area (Å²) < 4.78 is 21.7. The van der Waals surface area contributed by atoms with Crippen molar-refractivity contribution in [2.45, 2.75) is 13.0 Å². The minimum atomic E-state index is -1.28. The van der Waals surface area contributed by atoms with Gasteiger partial charge in [0.2, 0.25) is 5.91 Å². The summed E-state index contributed by atoms with van der Waals surface area (Å²) in [5, 5.41) is 2.65. The van der Waals surface area contributed by atoms with Crippen LogP contribution in [-0.4, -0.2) is 47.8 Å². The molecular formula is C16H18N2O5S. The summed E-state index contributed by atoms with van der Waals surface area (Å²) in [6.07, 6.45) is 1.12. The Morgan fingerprint density at radius 2 is 2.12 bits per heavy atom. The lowest BCUT2D eigenvalue weighted by molar-refractivity contribution is -0.119. The molecule has 1 aromatic rings. The van der Waals surface area contributed by atoms with Crippen LogP contribution in [0.4, 0.5) is 10.5 Å². The molecule has 2 heterocycles. The smallest absolute Gasteiger partial charge is 0.414 e. The third-order valence-corrected chi connectivity index (χ3v) is 4.75. The van der Waals surface area contributed by atoms with Crippen molar-refractivity contribution in [3.8, 4) is 0 Å². The summed E-state index contributed by atoms with van der Waals surface area (Å²) in [7, 11) is 0. The van der Waals surface area contributed by atoms with Gasteiger partial charge < -0.3 is 10.1 Å². The molecule has 2 aliphatic heterocycles.